The van der Waals surface area contributed by atoms with Gasteiger partial charge in [0, 0.05) is 5.71 Å². The number of carbonyl (C=O) groups is 1. The van der Waals surface area contributed by atoms with Gasteiger partial charge in [-0.25, -0.2) is 5.01 Å². The first-order chi connectivity index (χ1) is 8.30. The van der Waals surface area contributed by atoms with Gasteiger partial charge in [0.1, 0.15) is 0 Å². The zero-order valence-electron chi connectivity index (χ0n) is 9.86. The molecule has 18 heavy (non-hydrogen) atoms. The van der Waals surface area contributed by atoms with Crippen molar-refractivity contribution in [1.82, 2.24) is 0 Å². The summed E-state index contributed by atoms with van der Waals surface area (Å²) in [6.45, 7) is 3.46. The molecule has 1 aliphatic heterocycles. The Labute approximate surface area is 105 Å². The molecule has 1 N–H and O–H groups in total. The number of hydrogen-bond acceptors (Lipinski definition) is 4. The maximum absolute atomic E-state index is 11.9. The third-order valence-corrected chi connectivity index (χ3v) is 3.67. The molecular weight excluding hydrogens is 256 g/mol. The van der Waals surface area contributed by atoms with Gasteiger partial charge in [-0.3, -0.25) is 9.35 Å². The fourth-order valence-corrected chi connectivity index (χ4v) is 2.14. The van der Waals surface area contributed by atoms with E-state index >= 15 is 0 Å². The van der Waals surface area contributed by atoms with Crippen molar-refractivity contribution in [1.29, 1.82) is 0 Å². The predicted octanol–water partition coefficient (Wildman–Crippen LogP) is 1.29. The highest BCUT2D eigenvalue weighted by Crippen LogP contribution is 2.25. The van der Waals surface area contributed by atoms with Crippen molar-refractivity contribution in [3.05, 3.63) is 24.3 Å². The standard InChI is InChI=1S/C11H12N2O4S/c1-7-8(2)12-13(11(7)14)9-4-3-5-10(6-9)18(15,16)17/h3-7H,1-2H3,(H,15,16,17). The highest BCUT2D eigenvalue weighted by molar-refractivity contribution is 7.85. The van der Waals surface area contributed by atoms with E-state index in [9.17, 15) is 13.2 Å². The lowest BCUT2D eigenvalue weighted by atomic mass is 10.1. The normalized spacial score (nSPS) is 20.2. The summed E-state index contributed by atoms with van der Waals surface area (Å²) >= 11 is 0. The molecule has 1 aromatic carbocycles. The van der Waals surface area contributed by atoms with E-state index in [1.54, 1.807) is 19.9 Å². The van der Waals surface area contributed by atoms with Crippen molar-refractivity contribution >= 4 is 27.4 Å². The second-order valence-corrected chi connectivity index (χ2v) is 5.51. The van der Waals surface area contributed by atoms with Crippen LogP contribution in [0.15, 0.2) is 34.3 Å². The van der Waals surface area contributed by atoms with Crippen LogP contribution in [0.3, 0.4) is 0 Å². The number of hydrogen-bond donors (Lipinski definition) is 1. The molecule has 1 amide bonds. The molecule has 1 atom stereocenters. The number of anilines is 1. The lowest BCUT2D eigenvalue weighted by Crippen LogP contribution is -2.25. The molecular formula is C11H12N2O4S. The molecule has 0 spiro atoms. The zero-order valence-corrected chi connectivity index (χ0v) is 10.7. The fraction of sp³-hybridized carbons (Fsp3) is 0.273. The van der Waals surface area contributed by atoms with Gasteiger partial charge in [0.2, 0.25) is 0 Å². The molecule has 2 rings (SSSR count). The molecule has 0 saturated heterocycles. The molecule has 0 saturated carbocycles. The van der Waals surface area contributed by atoms with Crippen LogP contribution in [0, 0.1) is 5.92 Å². The number of hydrazone groups is 1. The molecule has 6 nitrogen and oxygen atoms in total. The maximum atomic E-state index is 11.9. The van der Waals surface area contributed by atoms with E-state index < -0.39 is 10.1 Å². The van der Waals surface area contributed by atoms with E-state index in [2.05, 4.69) is 5.10 Å². The maximum Gasteiger partial charge on any atom is 0.294 e. The Morgan fingerprint density at radius 2 is 2.06 bits per heavy atom. The van der Waals surface area contributed by atoms with Crippen molar-refractivity contribution in [3.63, 3.8) is 0 Å². The Bertz CT molecular complexity index is 636. The van der Waals surface area contributed by atoms with Crippen LogP contribution < -0.4 is 5.01 Å². The highest BCUT2D eigenvalue weighted by atomic mass is 32.2. The SMILES string of the molecule is CC1=NN(c2cccc(S(=O)(=O)O)c2)C(=O)C1C. The Balaban J connectivity index is 2.45. The second-order valence-electron chi connectivity index (χ2n) is 4.09. The van der Waals surface area contributed by atoms with Gasteiger partial charge in [0.15, 0.2) is 0 Å². The monoisotopic (exact) mass is 268 g/mol. The molecule has 0 radical (unpaired) electrons. The second kappa shape index (κ2) is 4.18. The van der Waals surface area contributed by atoms with Gasteiger partial charge >= 0.3 is 0 Å². The first-order valence-electron chi connectivity index (χ1n) is 5.27. The van der Waals surface area contributed by atoms with Gasteiger partial charge < -0.3 is 0 Å². The number of rotatable bonds is 2. The summed E-state index contributed by atoms with van der Waals surface area (Å²) in [6.07, 6.45) is 0. The molecule has 7 heteroatoms. The van der Waals surface area contributed by atoms with Gasteiger partial charge in [-0.2, -0.15) is 13.5 Å². The number of amides is 1. The average Bonchev–Trinajstić information content (AvgIpc) is 2.56. The number of carbonyl (C=O) groups excluding carboxylic acids is 1. The minimum Gasteiger partial charge on any atom is -0.282 e. The zero-order chi connectivity index (χ0) is 13.5. The van der Waals surface area contributed by atoms with Crippen LogP contribution in [0.5, 0.6) is 0 Å². The third-order valence-electron chi connectivity index (χ3n) is 2.82. The molecule has 0 aliphatic carbocycles. The third kappa shape index (κ3) is 2.14. The van der Waals surface area contributed by atoms with Gasteiger partial charge in [-0.1, -0.05) is 6.07 Å². The summed E-state index contributed by atoms with van der Waals surface area (Å²) in [5.74, 6) is -0.542. The smallest absolute Gasteiger partial charge is 0.282 e. The van der Waals surface area contributed by atoms with Gasteiger partial charge in [0.05, 0.1) is 16.5 Å². The van der Waals surface area contributed by atoms with E-state index in [4.69, 9.17) is 4.55 Å². The van der Waals surface area contributed by atoms with Crippen LogP contribution in [-0.2, 0) is 14.9 Å². The van der Waals surface area contributed by atoms with Gasteiger partial charge in [-0.15, -0.1) is 0 Å². The molecule has 1 aromatic rings. The topological polar surface area (TPSA) is 87.0 Å². The van der Waals surface area contributed by atoms with Crippen LogP contribution in [0.1, 0.15) is 13.8 Å². The van der Waals surface area contributed by atoms with Crippen molar-refractivity contribution < 1.29 is 17.8 Å². The molecule has 96 valence electrons. The highest BCUT2D eigenvalue weighted by Gasteiger charge is 2.31. The summed E-state index contributed by atoms with van der Waals surface area (Å²) in [5.41, 5.74) is 0.982. The number of benzene rings is 1. The van der Waals surface area contributed by atoms with Crippen molar-refractivity contribution in [2.24, 2.45) is 11.0 Å². The minimum absolute atomic E-state index is 0.222. The molecule has 1 aliphatic rings. The van der Waals surface area contributed by atoms with Crippen LogP contribution in [0.25, 0.3) is 0 Å². The van der Waals surface area contributed by atoms with Crippen LogP contribution in [0.4, 0.5) is 5.69 Å². The molecule has 0 bridgehead atoms. The molecule has 1 unspecified atom stereocenters. The van der Waals surface area contributed by atoms with E-state index in [1.807, 2.05) is 0 Å². The first kappa shape index (κ1) is 12.7. The van der Waals surface area contributed by atoms with E-state index in [1.165, 1.54) is 18.2 Å². The van der Waals surface area contributed by atoms with Crippen LogP contribution >= 0.6 is 0 Å². The van der Waals surface area contributed by atoms with Crippen molar-refractivity contribution in [3.8, 4) is 0 Å². The fourth-order valence-electron chi connectivity index (χ4n) is 1.62. The summed E-state index contributed by atoms with van der Waals surface area (Å²) in [4.78, 5) is 11.6. The molecule has 0 aromatic heterocycles. The predicted molar refractivity (Wildman–Crippen MR) is 66.0 cm³/mol. The van der Waals surface area contributed by atoms with Crippen LogP contribution in [-0.4, -0.2) is 24.6 Å². The van der Waals surface area contributed by atoms with E-state index in [0.717, 1.165) is 5.01 Å². The summed E-state index contributed by atoms with van der Waals surface area (Å²) in [7, 11) is -4.29. The summed E-state index contributed by atoms with van der Waals surface area (Å²) < 4.78 is 31.0. The molecule has 0 fully saturated rings. The number of nitrogens with zero attached hydrogens (tertiary/aromatic N) is 2. The quantitative estimate of drug-likeness (QED) is 0.819. The largest absolute Gasteiger partial charge is 0.294 e. The van der Waals surface area contributed by atoms with Crippen molar-refractivity contribution in [2.45, 2.75) is 18.7 Å². The summed E-state index contributed by atoms with van der Waals surface area (Å²) in [5, 5.41) is 5.22. The Hall–Kier alpha value is -1.73. The minimum atomic E-state index is -4.29. The Morgan fingerprint density at radius 1 is 1.39 bits per heavy atom. The van der Waals surface area contributed by atoms with Gasteiger partial charge in [-0.05, 0) is 32.0 Å². The Kier molecular flexibility index (Phi) is 2.95. The summed E-state index contributed by atoms with van der Waals surface area (Å²) in [6, 6.07) is 5.46. The Morgan fingerprint density at radius 3 is 2.56 bits per heavy atom. The van der Waals surface area contributed by atoms with Gasteiger partial charge in [0.25, 0.3) is 16.0 Å². The van der Waals surface area contributed by atoms with E-state index in [0.29, 0.717) is 11.4 Å². The lowest BCUT2D eigenvalue weighted by molar-refractivity contribution is -0.119. The average molecular weight is 268 g/mol. The van der Waals surface area contributed by atoms with Crippen LogP contribution in [0.2, 0.25) is 0 Å². The molecule has 1 heterocycles. The lowest BCUT2D eigenvalue weighted by Gasteiger charge is -2.13. The van der Waals surface area contributed by atoms with Crippen molar-refractivity contribution in [2.75, 3.05) is 5.01 Å². The van der Waals surface area contributed by atoms with E-state index in [-0.39, 0.29) is 16.7 Å². The first-order valence-corrected chi connectivity index (χ1v) is 6.71.